The molecule has 0 unspecified atom stereocenters. The fourth-order valence-corrected chi connectivity index (χ4v) is 2.66. The minimum absolute atomic E-state index is 0.282. The highest BCUT2D eigenvalue weighted by atomic mass is 32.2. The van der Waals surface area contributed by atoms with E-state index in [0.29, 0.717) is 29.0 Å². The van der Waals surface area contributed by atoms with E-state index in [9.17, 15) is 13.2 Å². The maximum Gasteiger partial charge on any atom is 0.238 e. The highest BCUT2D eigenvalue weighted by Gasteiger charge is 2.14. The van der Waals surface area contributed by atoms with Gasteiger partial charge in [0, 0.05) is 17.3 Å². The van der Waals surface area contributed by atoms with Gasteiger partial charge in [-0.2, -0.15) is 0 Å². The van der Waals surface area contributed by atoms with Gasteiger partial charge in [-0.15, -0.1) is 0 Å². The second-order valence-electron chi connectivity index (χ2n) is 4.03. The summed E-state index contributed by atoms with van der Waals surface area (Å²) in [5.41, 5.74) is 1.07. The first kappa shape index (κ1) is 13.3. The largest absolute Gasteiger partial charge is 0.361 e. The van der Waals surface area contributed by atoms with Crippen molar-refractivity contribution < 1.29 is 17.7 Å². The van der Waals surface area contributed by atoms with Crippen LogP contribution in [-0.2, 0) is 15.8 Å². The average molecular weight is 280 g/mol. The number of nitrogens with one attached hydrogen (secondary N) is 1. The third-order valence-corrected chi connectivity index (χ3v) is 3.53. The molecule has 1 aromatic heterocycles. The quantitative estimate of drug-likeness (QED) is 0.842. The molecule has 1 aromatic carbocycles. The Hall–Kier alpha value is -2.15. The second kappa shape index (κ2) is 5.23. The Morgan fingerprint density at radius 3 is 2.79 bits per heavy atom. The Kier molecular flexibility index (Phi) is 3.66. The van der Waals surface area contributed by atoms with Crippen LogP contribution >= 0.6 is 0 Å². The van der Waals surface area contributed by atoms with Crippen LogP contribution in [0.2, 0.25) is 0 Å². The van der Waals surface area contributed by atoms with Crippen molar-refractivity contribution in [1.29, 1.82) is 0 Å². The zero-order chi connectivity index (χ0) is 13.9. The van der Waals surface area contributed by atoms with E-state index in [2.05, 4.69) is 9.88 Å². The standard InChI is InChI=1S/C12H12N2O4S/c1-9-5-12(13-18-9)8-19(16,17)14-11-4-2-3-10(6-11)7-15/h2-7,14H,8H2,1H3. The maximum absolute atomic E-state index is 11.9. The summed E-state index contributed by atoms with van der Waals surface area (Å²) in [5, 5.41) is 3.63. The Morgan fingerprint density at radius 1 is 1.37 bits per heavy atom. The van der Waals surface area contributed by atoms with Gasteiger partial charge in [0.1, 0.15) is 23.5 Å². The topological polar surface area (TPSA) is 89.3 Å². The number of nitrogens with zero attached hydrogens (tertiary/aromatic N) is 1. The summed E-state index contributed by atoms with van der Waals surface area (Å²) in [7, 11) is -3.59. The molecule has 1 heterocycles. The zero-order valence-corrected chi connectivity index (χ0v) is 11.0. The molecular weight excluding hydrogens is 268 g/mol. The van der Waals surface area contributed by atoms with Crippen LogP contribution in [-0.4, -0.2) is 19.9 Å². The molecule has 19 heavy (non-hydrogen) atoms. The molecule has 6 nitrogen and oxygen atoms in total. The van der Waals surface area contributed by atoms with Crippen molar-refractivity contribution in [3.8, 4) is 0 Å². The average Bonchev–Trinajstić information content (AvgIpc) is 2.73. The van der Waals surface area contributed by atoms with Crippen LogP contribution in [0.25, 0.3) is 0 Å². The third-order valence-electron chi connectivity index (χ3n) is 2.31. The van der Waals surface area contributed by atoms with E-state index in [4.69, 9.17) is 4.52 Å². The van der Waals surface area contributed by atoms with Crippen molar-refractivity contribution in [3.63, 3.8) is 0 Å². The molecule has 0 aliphatic carbocycles. The van der Waals surface area contributed by atoms with Gasteiger partial charge in [0.05, 0.1) is 0 Å². The molecule has 0 spiro atoms. The van der Waals surface area contributed by atoms with Crippen molar-refractivity contribution >= 4 is 22.0 Å². The lowest BCUT2D eigenvalue weighted by atomic mass is 10.2. The normalized spacial score (nSPS) is 11.2. The molecule has 0 radical (unpaired) electrons. The molecule has 0 saturated heterocycles. The Morgan fingerprint density at radius 2 is 2.16 bits per heavy atom. The summed E-state index contributed by atoms with van der Waals surface area (Å²) < 4.78 is 31.0. The first-order valence-corrected chi connectivity index (χ1v) is 7.12. The number of hydrogen-bond donors (Lipinski definition) is 1. The first-order chi connectivity index (χ1) is 8.98. The minimum atomic E-state index is -3.59. The Bertz CT molecular complexity index is 691. The fourth-order valence-electron chi connectivity index (χ4n) is 1.57. The number of aryl methyl sites for hydroxylation is 1. The molecule has 7 heteroatoms. The van der Waals surface area contributed by atoms with Gasteiger partial charge >= 0.3 is 0 Å². The molecule has 1 N–H and O–H groups in total. The smallest absolute Gasteiger partial charge is 0.238 e. The number of carbonyl (C=O) groups excluding carboxylic acids is 1. The van der Waals surface area contributed by atoms with Crippen molar-refractivity contribution in [2.45, 2.75) is 12.7 Å². The van der Waals surface area contributed by atoms with Gasteiger partial charge in [-0.05, 0) is 19.1 Å². The van der Waals surface area contributed by atoms with Crippen LogP contribution in [0, 0.1) is 6.92 Å². The minimum Gasteiger partial charge on any atom is -0.361 e. The number of anilines is 1. The van der Waals surface area contributed by atoms with E-state index < -0.39 is 10.0 Å². The van der Waals surface area contributed by atoms with E-state index in [-0.39, 0.29) is 5.75 Å². The molecule has 100 valence electrons. The van der Waals surface area contributed by atoms with Gasteiger partial charge in [-0.25, -0.2) is 8.42 Å². The molecule has 0 amide bonds. The number of carbonyl (C=O) groups is 1. The van der Waals surface area contributed by atoms with Gasteiger partial charge in [-0.3, -0.25) is 9.52 Å². The third kappa shape index (κ3) is 3.65. The highest BCUT2D eigenvalue weighted by molar-refractivity contribution is 7.91. The van der Waals surface area contributed by atoms with Crippen LogP contribution in [0.5, 0.6) is 0 Å². The molecule has 0 saturated carbocycles. The first-order valence-electron chi connectivity index (χ1n) is 5.46. The summed E-state index contributed by atoms with van der Waals surface area (Å²) in [6, 6.07) is 7.77. The summed E-state index contributed by atoms with van der Waals surface area (Å²) in [4.78, 5) is 10.6. The van der Waals surface area contributed by atoms with E-state index >= 15 is 0 Å². The maximum atomic E-state index is 11.9. The number of aromatic nitrogens is 1. The number of benzene rings is 1. The van der Waals surface area contributed by atoms with Crippen molar-refractivity contribution in [3.05, 3.63) is 47.3 Å². The summed E-state index contributed by atoms with van der Waals surface area (Å²) >= 11 is 0. The lowest BCUT2D eigenvalue weighted by Crippen LogP contribution is -2.15. The predicted molar refractivity (Wildman–Crippen MR) is 69.3 cm³/mol. The van der Waals surface area contributed by atoms with Crippen molar-refractivity contribution in [1.82, 2.24) is 5.16 Å². The van der Waals surface area contributed by atoms with Gasteiger partial charge in [0.2, 0.25) is 10.0 Å². The van der Waals surface area contributed by atoms with Gasteiger partial charge in [0.15, 0.2) is 0 Å². The number of rotatable bonds is 5. The fraction of sp³-hybridized carbons (Fsp3) is 0.167. The molecule has 0 fully saturated rings. The summed E-state index contributed by atoms with van der Waals surface area (Å²) in [5.74, 6) is 0.267. The Labute approximate surface area is 110 Å². The summed E-state index contributed by atoms with van der Waals surface area (Å²) in [6.07, 6.45) is 0.652. The van der Waals surface area contributed by atoms with E-state index in [1.54, 1.807) is 31.2 Å². The van der Waals surface area contributed by atoms with Gasteiger partial charge in [0.25, 0.3) is 0 Å². The van der Waals surface area contributed by atoms with Gasteiger partial charge < -0.3 is 4.52 Å². The molecule has 0 aliphatic rings. The lowest BCUT2D eigenvalue weighted by molar-refractivity contribution is 0.112. The van der Waals surface area contributed by atoms with E-state index in [0.717, 1.165) is 0 Å². The van der Waals surface area contributed by atoms with Crippen LogP contribution in [0.1, 0.15) is 21.8 Å². The van der Waals surface area contributed by atoms with E-state index in [1.165, 1.54) is 6.07 Å². The molecule has 0 atom stereocenters. The number of hydrogen-bond acceptors (Lipinski definition) is 5. The monoisotopic (exact) mass is 280 g/mol. The van der Waals surface area contributed by atoms with Crippen LogP contribution in [0.3, 0.4) is 0 Å². The number of aldehydes is 1. The molecule has 2 rings (SSSR count). The predicted octanol–water partition coefficient (Wildman–Crippen LogP) is 1.74. The van der Waals surface area contributed by atoms with E-state index in [1.807, 2.05) is 0 Å². The lowest BCUT2D eigenvalue weighted by Gasteiger charge is -2.06. The number of sulfonamides is 1. The van der Waals surface area contributed by atoms with Crippen LogP contribution in [0.4, 0.5) is 5.69 Å². The van der Waals surface area contributed by atoms with Crippen molar-refractivity contribution in [2.24, 2.45) is 0 Å². The zero-order valence-electron chi connectivity index (χ0n) is 10.2. The molecule has 0 aliphatic heterocycles. The second-order valence-corrected chi connectivity index (χ2v) is 5.76. The SMILES string of the molecule is Cc1cc(CS(=O)(=O)Nc2cccc(C=O)c2)no1. The molecule has 0 bridgehead atoms. The van der Waals surface area contributed by atoms with Crippen LogP contribution < -0.4 is 4.72 Å². The molecule has 2 aromatic rings. The molecular formula is C12H12N2O4S. The Balaban J connectivity index is 2.14. The van der Waals surface area contributed by atoms with Crippen molar-refractivity contribution in [2.75, 3.05) is 4.72 Å². The van der Waals surface area contributed by atoms with Crippen LogP contribution in [0.15, 0.2) is 34.9 Å². The highest BCUT2D eigenvalue weighted by Crippen LogP contribution is 2.14. The van der Waals surface area contributed by atoms with Gasteiger partial charge in [-0.1, -0.05) is 17.3 Å². The summed E-state index contributed by atoms with van der Waals surface area (Å²) in [6.45, 7) is 1.68.